The SMILES string of the molecule is N#CCC(=O)NC1CCN(S(=O)(=O)c2cccs2)CC1. The molecule has 0 unspecified atom stereocenters. The van der Waals surface area contributed by atoms with Crippen LogP contribution in [0.1, 0.15) is 19.3 Å². The first-order chi connectivity index (χ1) is 9.54. The minimum absolute atomic E-state index is 0.0503. The normalized spacial score (nSPS) is 17.6. The van der Waals surface area contributed by atoms with Gasteiger partial charge in [-0.3, -0.25) is 4.79 Å². The van der Waals surface area contributed by atoms with Gasteiger partial charge in [0.25, 0.3) is 10.0 Å². The van der Waals surface area contributed by atoms with Gasteiger partial charge in [0, 0.05) is 19.1 Å². The van der Waals surface area contributed by atoms with Gasteiger partial charge in [-0.15, -0.1) is 11.3 Å². The fraction of sp³-hybridized carbons (Fsp3) is 0.500. The van der Waals surface area contributed by atoms with Crippen molar-refractivity contribution in [1.82, 2.24) is 9.62 Å². The molecule has 0 saturated carbocycles. The Balaban J connectivity index is 1.92. The summed E-state index contributed by atoms with van der Waals surface area (Å²) < 4.78 is 26.4. The number of hydrogen-bond donors (Lipinski definition) is 1. The van der Waals surface area contributed by atoms with E-state index in [1.54, 1.807) is 23.6 Å². The predicted molar refractivity (Wildman–Crippen MR) is 74.5 cm³/mol. The summed E-state index contributed by atoms with van der Waals surface area (Å²) in [5, 5.41) is 12.9. The number of sulfonamides is 1. The number of thiophene rings is 1. The largest absolute Gasteiger partial charge is 0.352 e. The highest BCUT2D eigenvalue weighted by Crippen LogP contribution is 2.24. The molecule has 6 nitrogen and oxygen atoms in total. The quantitative estimate of drug-likeness (QED) is 0.895. The molecule has 1 aliphatic rings. The van der Waals surface area contributed by atoms with Crippen LogP contribution in [0.3, 0.4) is 0 Å². The zero-order chi connectivity index (χ0) is 14.6. The molecular weight excluding hydrogens is 298 g/mol. The van der Waals surface area contributed by atoms with Gasteiger partial charge in [0.2, 0.25) is 5.91 Å². The Labute approximate surface area is 122 Å². The van der Waals surface area contributed by atoms with Crippen molar-refractivity contribution < 1.29 is 13.2 Å². The van der Waals surface area contributed by atoms with Gasteiger partial charge in [-0.05, 0) is 24.3 Å². The van der Waals surface area contributed by atoms with Crippen molar-refractivity contribution in [3.8, 4) is 6.07 Å². The van der Waals surface area contributed by atoms with Crippen molar-refractivity contribution in [1.29, 1.82) is 5.26 Å². The fourth-order valence-electron chi connectivity index (χ4n) is 2.13. The molecule has 0 atom stereocenters. The summed E-state index contributed by atoms with van der Waals surface area (Å²) in [6, 6.07) is 5.05. The summed E-state index contributed by atoms with van der Waals surface area (Å²) in [6.07, 6.45) is 0.983. The molecule has 20 heavy (non-hydrogen) atoms. The number of nitrogens with one attached hydrogen (secondary N) is 1. The van der Waals surface area contributed by atoms with E-state index in [-0.39, 0.29) is 18.4 Å². The summed E-state index contributed by atoms with van der Waals surface area (Å²) in [5.74, 6) is -0.299. The van der Waals surface area contributed by atoms with E-state index in [1.165, 1.54) is 15.6 Å². The highest BCUT2D eigenvalue weighted by molar-refractivity contribution is 7.91. The van der Waals surface area contributed by atoms with Gasteiger partial charge in [-0.25, -0.2) is 8.42 Å². The Bertz CT molecular complexity index is 596. The molecule has 1 aromatic heterocycles. The molecule has 0 aliphatic carbocycles. The molecule has 0 aromatic carbocycles. The molecule has 1 fully saturated rings. The van der Waals surface area contributed by atoms with Crippen LogP contribution in [0.4, 0.5) is 0 Å². The highest BCUT2D eigenvalue weighted by atomic mass is 32.2. The zero-order valence-electron chi connectivity index (χ0n) is 10.8. The summed E-state index contributed by atoms with van der Waals surface area (Å²) in [7, 11) is -3.39. The van der Waals surface area contributed by atoms with E-state index in [1.807, 2.05) is 0 Å². The lowest BCUT2D eigenvalue weighted by molar-refractivity contribution is -0.121. The van der Waals surface area contributed by atoms with E-state index in [9.17, 15) is 13.2 Å². The first-order valence-electron chi connectivity index (χ1n) is 6.24. The average molecular weight is 313 g/mol. The highest BCUT2D eigenvalue weighted by Gasteiger charge is 2.30. The second kappa shape index (κ2) is 6.35. The van der Waals surface area contributed by atoms with Crippen LogP contribution >= 0.6 is 11.3 Å². The van der Waals surface area contributed by atoms with Crippen LogP contribution in [0.15, 0.2) is 21.7 Å². The van der Waals surface area contributed by atoms with Crippen molar-refractivity contribution in [2.75, 3.05) is 13.1 Å². The molecule has 1 aliphatic heterocycles. The van der Waals surface area contributed by atoms with Gasteiger partial charge in [-0.2, -0.15) is 9.57 Å². The van der Waals surface area contributed by atoms with Crippen molar-refractivity contribution in [2.24, 2.45) is 0 Å². The number of carbonyl (C=O) groups is 1. The molecule has 8 heteroatoms. The van der Waals surface area contributed by atoms with Gasteiger partial charge in [-0.1, -0.05) is 6.07 Å². The Morgan fingerprint density at radius 3 is 2.75 bits per heavy atom. The number of amides is 1. The standard InChI is InChI=1S/C12H15N3O3S2/c13-6-3-11(16)14-10-4-7-15(8-5-10)20(17,18)12-2-1-9-19-12/h1-2,9-10H,3-5,7-8H2,(H,14,16). The van der Waals surface area contributed by atoms with Gasteiger partial charge in [0.05, 0.1) is 6.07 Å². The van der Waals surface area contributed by atoms with Crippen LogP contribution in [0.2, 0.25) is 0 Å². The number of nitrogens with zero attached hydrogens (tertiary/aromatic N) is 2. The van der Waals surface area contributed by atoms with Crippen LogP contribution in [0.5, 0.6) is 0 Å². The van der Waals surface area contributed by atoms with E-state index >= 15 is 0 Å². The van der Waals surface area contributed by atoms with Crippen molar-refractivity contribution in [3.63, 3.8) is 0 Å². The third-order valence-corrected chi connectivity index (χ3v) is 6.42. The molecule has 108 valence electrons. The molecule has 0 radical (unpaired) electrons. The average Bonchev–Trinajstić information content (AvgIpc) is 2.94. The maximum atomic E-state index is 12.3. The number of piperidine rings is 1. The fourth-order valence-corrected chi connectivity index (χ4v) is 4.74. The van der Waals surface area contributed by atoms with Gasteiger partial charge in [0.1, 0.15) is 10.6 Å². The third-order valence-electron chi connectivity index (χ3n) is 3.15. The Hall–Kier alpha value is -1.43. The molecule has 1 aromatic rings. The van der Waals surface area contributed by atoms with E-state index in [0.717, 1.165) is 0 Å². The van der Waals surface area contributed by atoms with Crippen LogP contribution in [0.25, 0.3) is 0 Å². The second-order valence-corrected chi connectivity index (χ2v) is 7.63. The molecule has 0 spiro atoms. The minimum atomic E-state index is -3.39. The van der Waals surface area contributed by atoms with Gasteiger partial charge < -0.3 is 5.32 Å². The maximum absolute atomic E-state index is 12.3. The Kier molecular flexibility index (Phi) is 4.75. The first-order valence-corrected chi connectivity index (χ1v) is 8.56. The Morgan fingerprint density at radius 2 is 2.20 bits per heavy atom. The van der Waals surface area contributed by atoms with Gasteiger partial charge >= 0.3 is 0 Å². The minimum Gasteiger partial charge on any atom is -0.352 e. The topological polar surface area (TPSA) is 90.3 Å². The smallest absolute Gasteiger partial charge is 0.252 e. The van der Waals surface area contributed by atoms with Crippen LogP contribution in [-0.4, -0.2) is 37.8 Å². The number of hydrogen-bond acceptors (Lipinski definition) is 5. The molecule has 0 bridgehead atoms. The molecule has 1 N–H and O–H groups in total. The molecular formula is C12H15N3O3S2. The van der Waals surface area contributed by atoms with E-state index in [4.69, 9.17) is 5.26 Å². The lowest BCUT2D eigenvalue weighted by Gasteiger charge is -2.31. The second-order valence-electron chi connectivity index (χ2n) is 4.51. The van der Waals surface area contributed by atoms with Crippen LogP contribution in [-0.2, 0) is 14.8 Å². The number of nitriles is 1. The van der Waals surface area contributed by atoms with Crippen LogP contribution in [0, 0.1) is 11.3 Å². The third kappa shape index (κ3) is 3.36. The lowest BCUT2D eigenvalue weighted by Crippen LogP contribution is -2.46. The molecule has 2 heterocycles. The predicted octanol–water partition coefficient (Wildman–Crippen LogP) is 0.931. The first kappa shape index (κ1) is 15.0. The summed E-state index contributed by atoms with van der Waals surface area (Å²) in [6.45, 7) is 0.773. The monoisotopic (exact) mass is 313 g/mol. The maximum Gasteiger partial charge on any atom is 0.252 e. The van der Waals surface area contributed by atoms with E-state index < -0.39 is 10.0 Å². The number of carbonyl (C=O) groups excluding carboxylic acids is 1. The van der Waals surface area contributed by atoms with E-state index in [2.05, 4.69) is 5.32 Å². The molecule has 2 rings (SSSR count). The molecule has 1 amide bonds. The van der Waals surface area contributed by atoms with Crippen LogP contribution < -0.4 is 5.32 Å². The number of rotatable bonds is 4. The van der Waals surface area contributed by atoms with Gasteiger partial charge in [0.15, 0.2) is 0 Å². The van der Waals surface area contributed by atoms with Crippen molar-refractivity contribution >= 4 is 27.3 Å². The molecule has 1 saturated heterocycles. The summed E-state index contributed by atoms with van der Waals surface area (Å²) >= 11 is 1.21. The van der Waals surface area contributed by atoms with Crippen molar-refractivity contribution in [3.05, 3.63) is 17.5 Å². The lowest BCUT2D eigenvalue weighted by atomic mass is 10.1. The Morgan fingerprint density at radius 1 is 1.50 bits per heavy atom. The summed E-state index contributed by atoms with van der Waals surface area (Å²) in [4.78, 5) is 11.3. The van der Waals surface area contributed by atoms with E-state index in [0.29, 0.717) is 30.1 Å². The zero-order valence-corrected chi connectivity index (χ0v) is 12.4. The van der Waals surface area contributed by atoms with Crippen molar-refractivity contribution in [2.45, 2.75) is 29.5 Å². The summed E-state index contributed by atoms with van der Waals surface area (Å²) in [5.41, 5.74) is 0.